The fourth-order valence-corrected chi connectivity index (χ4v) is 3.51. The summed E-state index contributed by atoms with van der Waals surface area (Å²) in [6.07, 6.45) is 0.301. The number of benzene rings is 3. The Kier molecular flexibility index (Phi) is 6.08. The van der Waals surface area contributed by atoms with Crippen LogP contribution in [0.2, 0.25) is 0 Å². The zero-order chi connectivity index (χ0) is 21.6. The van der Waals surface area contributed by atoms with Crippen LogP contribution in [0.15, 0.2) is 82.0 Å². The number of rotatable bonds is 7. The van der Waals surface area contributed by atoms with Gasteiger partial charge in [0.1, 0.15) is 12.2 Å². The van der Waals surface area contributed by atoms with Crippen molar-refractivity contribution in [2.24, 2.45) is 0 Å². The van der Waals surface area contributed by atoms with Crippen LogP contribution in [0.1, 0.15) is 17.5 Å². The van der Waals surface area contributed by atoms with Gasteiger partial charge in [-0.2, -0.15) is 0 Å². The summed E-state index contributed by atoms with van der Waals surface area (Å²) in [7, 11) is 0. The Balaban J connectivity index is 1.37. The lowest BCUT2D eigenvalue weighted by Gasteiger charge is -2.10. The van der Waals surface area contributed by atoms with Crippen molar-refractivity contribution >= 4 is 33.6 Å². The topological polar surface area (TPSA) is 85.6 Å². The van der Waals surface area contributed by atoms with E-state index in [2.05, 4.69) is 5.32 Å². The van der Waals surface area contributed by atoms with Crippen molar-refractivity contribution in [1.29, 1.82) is 0 Å². The van der Waals surface area contributed by atoms with Crippen LogP contribution in [0.5, 0.6) is 0 Å². The first-order valence-electron chi connectivity index (χ1n) is 10.0. The van der Waals surface area contributed by atoms with Crippen LogP contribution in [0.25, 0.3) is 21.7 Å². The predicted molar refractivity (Wildman–Crippen MR) is 118 cm³/mol. The third-order valence-electron chi connectivity index (χ3n) is 4.96. The van der Waals surface area contributed by atoms with Gasteiger partial charge in [-0.05, 0) is 22.4 Å². The Bertz CT molecular complexity index is 1290. The second-order valence-electron chi connectivity index (χ2n) is 7.17. The van der Waals surface area contributed by atoms with E-state index in [4.69, 9.17) is 9.15 Å². The van der Waals surface area contributed by atoms with Gasteiger partial charge in [-0.25, -0.2) is 4.79 Å². The Morgan fingerprint density at radius 3 is 2.55 bits per heavy atom. The van der Waals surface area contributed by atoms with Gasteiger partial charge in [0.05, 0.1) is 12.8 Å². The number of carbonyl (C=O) groups is 2. The summed E-state index contributed by atoms with van der Waals surface area (Å²) in [5.41, 5.74) is 1.45. The van der Waals surface area contributed by atoms with E-state index in [1.807, 2.05) is 60.7 Å². The lowest BCUT2D eigenvalue weighted by Crippen LogP contribution is -2.27. The summed E-state index contributed by atoms with van der Waals surface area (Å²) in [6, 6.07) is 22.1. The molecule has 6 nitrogen and oxygen atoms in total. The molecule has 31 heavy (non-hydrogen) atoms. The zero-order valence-corrected chi connectivity index (χ0v) is 16.8. The first-order chi connectivity index (χ1) is 15.1. The number of amides is 1. The molecule has 0 radical (unpaired) electrons. The number of carbonyl (C=O) groups excluding carboxylic acids is 2. The van der Waals surface area contributed by atoms with Crippen LogP contribution in [0, 0.1) is 0 Å². The molecule has 0 aliphatic carbocycles. The number of ether oxygens (including phenoxy) is 1. The van der Waals surface area contributed by atoms with E-state index < -0.39 is 11.6 Å². The van der Waals surface area contributed by atoms with Gasteiger partial charge in [0.2, 0.25) is 5.91 Å². The fraction of sp³-hybridized carbons (Fsp3) is 0.160. The summed E-state index contributed by atoms with van der Waals surface area (Å²) in [4.78, 5) is 36.1. The van der Waals surface area contributed by atoms with Crippen LogP contribution in [-0.4, -0.2) is 18.4 Å². The number of hydrogen-bond donors (Lipinski definition) is 1. The SMILES string of the molecule is O=C(Cc1ccccc1)NCCC(=O)OCc1cc(=O)oc2ccc3ccccc3c12. The molecule has 1 aromatic heterocycles. The average Bonchev–Trinajstić information content (AvgIpc) is 2.77. The largest absolute Gasteiger partial charge is 0.461 e. The number of hydrogen-bond acceptors (Lipinski definition) is 5. The number of nitrogens with one attached hydrogen (secondary N) is 1. The quantitative estimate of drug-likeness (QED) is 0.282. The van der Waals surface area contributed by atoms with E-state index in [-0.39, 0.29) is 31.9 Å². The van der Waals surface area contributed by atoms with Crippen molar-refractivity contribution in [3.8, 4) is 0 Å². The minimum Gasteiger partial charge on any atom is -0.461 e. The molecule has 0 fully saturated rings. The van der Waals surface area contributed by atoms with Crippen molar-refractivity contribution in [2.45, 2.75) is 19.4 Å². The molecule has 6 heteroatoms. The van der Waals surface area contributed by atoms with Gasteiger partial charge in [0.25, 0.3) is 0 Å². The molecule has 1 N–H and O–H groups in total. The molecule has 0 spiro atoms. The van der Waals surface area contributed by atoms with Crippen molar-refractivity contribution < 1.29 is 18.7 Å². The van der Waals surface area contributed by atoms with Crippen LogP contribution in [0.3, 0.4) is 0 Å². The highest BCUT2D eigenvalue weighted by Gasteiger charge is 2.12. The maximum atomic E-state index is 12.2. The predicted octanol–water partition coefficient (Wildman–Crippen LogP) is 3.74. The second kappa shape index (κ2) is 9.26. The van der Waals surface area contributed by atoms with Gasteiger partial charge in [0.15, 0.2) is 0 Å². The molecule has 4 aromatic rings. The molecule has 0 bridgehead atoms. The minimum atomic E-state index is -0.498. The van der Waals surface area contributed by atoms with Crippen molar-refractivity contribution in [1.82, 2.24) is 5.32 Å². The summed E-state index contributed by atoms with van der Waals surface area (Å²) in [5, 5.41) is 5.39. The molecule has 3 aromatic carbocycles. The summed E-state index contributed by atoms with van der Waals surface area (Å²) in [5.74, 6) is -0.612. The highest BCUT2D eigenvalue weighted by molar-refractivity contribution is 6.07. The Labute approximate surface area is 178 Å². The molecule has 1 amide bonds. The monoisotopic (exact) mass is 415 g/mol. The van der Waals surface area contributed by atoms with Gasteiger partial charge in [-0.3, -0.25) is 9.59 Å². The lowest BCUT2D eigenvalue weighted by molar-refractivity contribution is -0.144. The van der Waals surface area contributed by atoms with Gasteiger partial charge in [-0.15, -0.1) is 0 Å². The molecule has 0 unspecified atom stereocenters. The van der Waals surface area contributed by atoms with E-state index in [1.54, 1.807) is 6.07 Å². The molecule has 0 saturated carbocycles. The van der Waals surface area contributed by atoms with E-state index in [1.165, 1.54) is 6.07 Å². The first-order valence-corrected chi connectivity index (χ1v) is 10.0. The molecule has 4 rings (SSSR count). The number of fused-ring (bicyclic) bond motifs is 3. The van der Waals surface area contributed by atoms with E-state index in [9.17, 15) is 14.4 Å². The maximum Gasteiger partial charge on any atom is 0.336 e. The third-order valence-corrected chi connectivity index (χ3v) is 4.96. The molecular formula is C25H21NO5. The van der Waals surface area contributed by atoms with Gasteiger partial charge in [-0.1, -0.05) is 60.7 Å². The molecule has 0 aliphatic heterocycles. The van der Waals surface area contributed by atoms with Gasteiger partial charge >= 0.3 is 11.6 Å². The van der Waals surface area contributed by atoms with Crippen molar-refractivity contribution in [3.05, 3.63) is 94.3 Å². The normalized spacial score (nSPS) is 10.8. The second-order valence-corrected chi connectivity index (χ2v) is 7.17. The zero-order valence-electron chi connectivity index (χ0n) is 16.8. The minimum absolute atomic E-state index is 0.0423. The van der Waals surface area contributed by atoms with Gasteiger partial charge < -0.3 is 14.5 Å². The highest BCUT2D eigenvalue weighted by atomic mass is 16.5. The van der Waals surface area contributed by atoms with Crippen LogP contribution < -0.4 is 10.9 Å². The molecule has 0 saturated heterocycles. The summed E-state index contributed by atoms with van der Waals surface area (Å²) in [6.45, 7) is 0.137. The van der Waals surface area contributed by atoms with Crippen LogP contribution >= 0.6 is 0 Å². The smallest absolute Gasteiger partial charge is 0.336 e. The highest BCUT2D eigenvalue weighted by Crippen LogP contribution is 2.27. The Morgan fingerprint density at radius 1 is 0.935 bits per heavy atom. The molecule has 0 aliphatic rings. The van der Waals surface area contributed by atoms with Crippen LogP contribution in [0.4, 0.5) is 0 Å². The summed E-state index contributed by atoms with van der Waals surface area (Å²) < 4.78 is 10.7. The number of esters is 1. The van der Waals surface area contributed by atoms with Crippen molar-refractivity contribution in [2.75, 3.05) is 6.54 Å². The molecule has 1 heterocycles. The van der Waals surface area contributed by atoms with Crippen molar-refractivity contribution in [3.63, 3.8) is 0 Å². The standard InChI is InChI=1S/C25H21NO5/c27-22(14-17-6-2-1-3-7-17)26-13-12-23(28)30-16-19-15-24(29)31-21-11-10-18-8-4-5-9-20(18)25(19)21/h1-11,15H,12-14,16H2,(H,26,27). The molecule has 0 atom stereocenters. The molecular weight excluding hydrogens is 394 g/mol. The lowest BCUT2D eigenvalue weighted by atomic mass is 10.0. The molecule has 156 valence electrons. The maximum absolute atomic E-state index is 12.2. The first kappa shape index (κ1) is 20.3. The fourth-order valence-electron chi connectivity index (χ4n) is 3.51. The van der Waals surface area contributed by atoms with E-state index in [0.717, 1.165) is 21.7 Å². The average molecular weight is 415 g/mol. The Hall–Kier alpha value is -3.93. The van der Waals surface area contributed by atoms with Crippen LogP contribution in [-0.2, 0) is 27.4 Å². The van der Waals surface area contributed by atoms with E-state index in [0.29, 0.717) is 11.1 Å². The third kappa shape index (κ3) is 4.98. The van der Waals surface area contributed by atoms with E-state index >= 15 is 0 Å². The summed E-state index contributed by atoms with van der Waals surface area (Å²) >= 11 is 0. The Morgan fingerprint density at radius 2 is 1.71 bits per heavy atom. The van der Waals surface area contributed by atoms with Gasteiger partial charge in [0, 0.05) is 23.6 Å².